The first-order valence-corrected chi connectivity index (χ1v) is 12.0. The van der Waals surface area contributed by atoms with Crippen molar-refractivity contribution >= 4 is 56.5 Å². The van der Waals surface area contributed by atoms with Gasteiger partial charge in [-0.3, -0.25) is 0 Å². The lowest BCUT2D eigenvalue weighted by Gasteiger charge is -2.32. The van der Waals surface area contributed by atoms with E-state index in [1.165, 1.54) is 0 Å². The maximum Gasteiger partial charge on any atom is 0.498 e. The fourth-order valence-electron chi connectivity index (χ4n) is 5.14. The molecule has 0 radical (unpaired) electrons. The van der Waals surface area contributed by atoms with E-state index >= 15 is 0 Å². The van der Waals surface area contributed by atoms with Crippen molar-refractivity contribution in [3.8, 4) is 11.1 Å². The Morgan fingerprint density at radius 2 is 1.23 bits per heavy atom. The Labute approximate surface area is 203 Å². The van der Waals surface area contributed by atoms with Crippen LogP contribution in [0.2, 0.25) is 0 Å². The lowest BCUT2D eigenvalue weighted by Crippen LogP contribution is -2.41. The third-order valence-electron chi connectivity index (χ3n) is 7.75. The highest BCUT2D eigenvalue weighted by molar-refractivity contribution is 6.65. The molecule has 6 aromatic rings. The molecule has 1 aliphatic rings. The van der Waals surface area contributed by atoms with Gasteiger partial charge in [0, 0.05) is 27.0 Å². The molecule has 0 amide bonds. The van der Waals surface area contributed by atoms with Crippen LogP contribution >= 0.6 is 0 Å². The lowest BCUT2D eigenvalue weighted by molar-refractivity contribution is 0.00578. The summed E-state index contributed by atoms with van der Waals surface area (Å²) in [4.78, 5) is 0. The predicted octanol–water partition coefficient (Wildman–Crippen LogP) is 7.45. The summed E-state index contributed by atoms with van der Waals surface area (Å²) in [7, 11) is -0.502. The summed E-state index contributed by atoms with van der Waals surface area (Å²) in [5, 5.41) is 4.37. The monoisotopic (exact) mass is 460 g/mol. The molecule has 3 heterocycles. The van der Waals surface area contributed by atoms with Crippen LogP contribution in [0.5, 0.6) is 0 Å². The molecule has 7 rings (SSSR count). The van der Waals surface area contributed by atoms with Crippen LogP contribution in [0.4, 0.5) is 0 Å². The van der Waals surface area contributed by atoms with Crippen molar-refractivity contribution in [3.05, 3.63) is 78.9 Å². The summed E-state index contributed by atoms with van der Waals surface area (Å²) in [6.07, 6.45) is 0. The molecule has 0 aliphatic carbocycles. The zero-order valence-electron chi connectivity index (χ0n) is 20.2. The zero-order valence-corrected chi connectivity index (χ0v) is 20.2. The SMILES string of the molecule is CC1(C)OB(c2ccc(-c3ccc4oc5ccccc5c4c3)c3c2oc2ccccc23)OC1(C)C. The fourth-order valence-corrected chi connectivity index (χ4v) is 5.14. The second kappa shape index (κ2) is 7.00. The van der Waals surface area contributed by atoms with Gasteiger partial charge < -0.3 is 18.1 Å². The predicted molar refractivity (Wildman–Crippen MR) is 142 cm³/mol. The first-order chi connectivity index (χ1) is 16.8. The van der Waals surface area contributed by atoms with Gasteiger partial charge in [-0.1, -0.05) is 54.6 Å². The van der Waals surface area contributed by atoms with Gasteiger partial charge in [-0.05, 0) is 63.1 Å². The molecular weight excluding hydrogens is 435 g/mol. The molecule has 172 valence electrons. The molecule has 4 aromatic carbocycles. The van der Waals surface area contributed by atoms with Gasteiger partial charge in [-0.25, -0.2) is 0 Å². The van der Waals surface area contributed by atoms with Crippen molar-refractivity contribution in [2.75, 3.05) is 0 Å². The first kappa shape index (κ1) is 20.8. The Morgan fingerprint density at radius 3 is 1.97 bits per heavy atom. The van der Waals surface area contributed by atoms with E-state index in [1.807, 2.05) is 30.3 Å². The summed E-state index contributed by atoms with van der Waals surface area (Å²) in [6, 6.07) is 27.0. The summed E-state index contributed by atoms with van der Waals surface area (Å²) >= 11 is 0. The highest BCUT2D eigenvalue weighted by atomic mass is 16.7. The minimum absolute atomic E-state index is 0.429. The number of hydrogen-bond acceptors (Lipinski definition) is 4. The first-order valence-electron chi connectivity index (χ1n) is 12.0. The van der Waals surface area contributed by atoms with E-state index in [-0.39, 0.29) is 0 Å². The van der Waals surface area contributed by atoms with Gasteiger partial charge in [0.25, 0.3) is 0 Å². The normalized spacial score (nSPS) is 17.3. The van der Waals surface area contributed by atoms with Crippen molar-refractivity contribution < 1.29 is 18.1 Å². The van der Waals surface area contributed by atoms with Crippen LogP contribution in [0.15, 0.2) is 87.7 Å². The van der Waals surface area contributed by atoms with Gasteiger partial charge in [-0.15, -0.1) is 0 Å². The highest BCUT2D eigenvalue weighted by Gasteiger charge is 2.52. The smallest absolute Gasteiger partial charge is 0.456 e. The molecule has 5 heteroatoms. The summed E-state index contributed by atoms with van der Waals surface area (Å²) < 4.78 is 25.3. The molecule has 2 aromatic heterocycles. The number of benzene rings is 4. The van der Waals surface area contributed by atoms with Crippen molar-refractivity contribution in [3.63, 3.8) is 0 Å². The van der Waals surface area contributed by atoms with E-state index in [9.17, 15) is 0 Å². The van der Waals surface area contributed by atoms with Crippen molar-refractivity contribution in [1.82, 2.24) is 0 Å². The number of hydrogen-bond donors (Lipinski definition) is 0. The maximum absolute atomic E-state index is 6.46. The van der Waals surface area contributed by atoms with Crippen LogP contribution in [0.1, 0.15) is 27.7 Å². The molecule has 0 bridgehead atoms. The number of rotatable bonds is 2. The Bertz CT molecular complexity index is 1760. The van der Waals surface area contributed by atoms with Gasteiger partial charge in [0.15, 0.2) is 0 Å². The molecule has 0 N–H and O–H groups in total. The maximum atomic E-state index is 6.46. The number of furan rings is 2. The van der Waals surface area contributed by atoms with Crippen LogP contribution in [0, 0.1) is 0 Å². The third kappa shape index (κ3) is 2.95. The molecule has 0 spiro atoms. The second-order valence-electron chi connectivity index (χ2n) is 10.4. The van der Waals surface area contributed by atoms with Crippen molar-refractivity contribution in [2.24, 2.45) is 0 Å². The molecule has 1 aliphatic heterocycles. The van der Waals surface area contributed by atoms with Crippen molar-refractivity contribution in [2.45, 2.75) is 38.9 Å². The second-order valence-corrected chi connectivity index (χ2v) is 10.4. The Hall–Kier alpha value is -3.54. The van der Waals surface area contributed by atoms with Gasteiger partial charge in [0.05, 0.1) is 11.2 Å². The average Bonchev–Trinajstić information content (AvgIpc) is 3.47. The van der Waals surface area contributed by atoms with Crippen LogP contribution < -0.4 is 5.46 Å². The van der Waals surface area contributed by atoms with Gasteiger partial charge in [-0.2, -0.15) is 0 Å². The lowest BCUT2D eigenvalue weighted by atomic mass is 9.77. The molecule has 0 unspecified atom stereocenters. The Balaban J connectivity index is 1.48. The van der Waals surface area contributed by atoms with E-state index in [1.54, 1.807) is 0 Å². The van der Waals surface area contributed by atoms with E-state index in [4.69, 9.17) is 18.1 Å². The van der Waals surface area contributed by atoms with Gasteiger partial charge in [0.1, 0.15) is 22.3 Å². The Morgan fingerprint density at radius 1 is 0.600 bits per heavy atom. The standard InChI is InChI=1S/C30H25BO4/c1-29(2)30(3,4)35-31(34-29)23-15-14-19(27-21-10-6-8-12-25(21)33-28(23)27)18-13-16-26-22(17-18)20-9-5-7-11-24(20)32-26/h5-17H,1-4H3. The largest absolute Gasteiger partial charge is 0.498 e. The quantitative estimate of drug-likeness (QED) is 0.252. The zero-order chi connectivity index (χ0) is 23.9. The van der Waals surface area contributed by atoms with Gasteiger partial charge >= 0.3 is 7.12 Å². The minimum Gasteiger partial charge on any atom is -0.456 e. The molecule has 35 heavy (non-hydrogen) atoms. The summed E-state index contributed by atoms with van der Waals surface area (Å²) in [6.45, 7) is 8.28. The van der Waals surface area contributed by atoms with E-state index in [2.05, 4.69) is 76.2 Å². The van der Waals surface area contributed by atoms with Crippen LogP contribution in [-0.4, -0.2) is 18.3 Å². The van der Waals surface area contributed by atoms with Crippen LogP contribution in [-0.2, 0) is 9.31 Å². The van der Waals surface area contributed by atoms with Gasteiger partial charge in [0.2, 0.25) is 0 Å². The molecule has 0 atom stereocenters. The summed E-state index contributed by atoms with van der Waals surface area (Å²) in [5.41, 5.74) is 5.71. The average molecular weight is 460 g/mol. The molecular formula is C30H25BO4. The molecule has 1 saturated heterocycles. The number of fused-ring (bicyclic) bond motifs is 6. The molecule has 0 saturated carbocycles. The van der Waals surface area contributed by atoms with E-state index in [0.29, 0.717) is 0 Å². The topological polar surface area (TPSA) is 44.7 Å². The molecule has 1 fully saturated rings. The van der Waals surface area contributed by atoms with E-state index < -0.39 is 18.3 Å². The van der Waals surface area contributed by atoms with E-state index in [0.717, 1.165) is 60.5 Å². The minimum atomic E-state index is -0.502. The molecule has 4 nitrogen and oxygen atoms in total. The third-order valence-corrected chi connectivity index (χ3v) is 7.75. The van der Waals surface area contributed by atoms with Crippen LogP contribution in [0.3, 0.4) is 0 Å². The number of para-hydroxylation sites is 2. The Kier molecular flexibility index (Phi) is 4.16. The highest BCUT2D eigenvalue weighted by Crippen LogP contribution is 2.41. The fraction of sp³-hybridized carbons (Fsp3) is 0.200. The van der Waals surface area contributed by atoms with Crippen molar-refractivity contribution in [1.29, 1.82) is 0 Å². The summed E-state index contributed by atoms with van der Waals surface area (Å²) in [5.74, 6) is 0. The van der Waals surface area contributed by atoms with Crippen LogP contribution in [0.25, 0.3) is 55.0 Å².